The van der Waals surface area contributed by atoms with Gasteiger partial charge in [0.05, 0.1) is 6.54 Å². The molecule has 5 nitrogen and oxygen atoms in total. The highest BCUT2D eigenvalue weighted by Gasteiger charge is 1.92. The molecule has 0 aliphatic rings. The Morgan fingerprint density at radius 2 is 1.82 bits per heavy atom. The normalized spacial score (nSPS) is 8.36. The van der Waals surface area contributed by atoms with Gasteiger partial charge in [0.2, 0.25) is 0 Å². The Bertz CT molecular complexity index is 97.8. The molecule has 0 aromatic carbocycles. The zero-order valence-corrected chi connectivity index (χ0v) is 7.03. The minimum Gasteiger partial charge on any atom is -0.314 e. The van der Waals surface area contributed by atoms with E-state index in [4.69, 9.17) is 10.0 Å². The fourth-order valence-corrected chi connectivity index (χ4v) is 0.360. The number of hydrogen-bond donors (Lipinski definition) is 1. The summed E-state index contributed by atoms with van der Waals surface area (Å²) in [6.45, 7) is 6.58. The molecule has 0 unspecified atom stereocenters. The minimum atomic E-state index is 0.579. The van der Waals surface area contributed by atoms with Crippen LogP contribution in [0.25, 0.3) is 0 Å². The summed E-state index contributed by atoms with van der Waals surface area (Å²) in [5.74, 6) is 0. The summed E-state index contributed by atoms with van der Waals surface area (Å²) in [4.78, 5) is 8.00. The molecular formula is C6H15N3O2. The number of hydrazone groups is 1. The highest BCUT2D eigenvalue weighted by atomic mass is 16.5. The standard InChI is InChI=1S/C5H13N3O.CH2O/c1-6-7(2)4-5-8(3)9;1-2/h9H,1,4-5H2,2-3H3;1H2. The second kappa shape index (κ2) is 9.06. The third kappa shape index (κ3) is 12.3. The van der Waals surface area contributed by atoms with Crippen molar-refractivity contribution < 1.29 is 10.0 Å². The summed E-state index contributed by atoms with van der Waals surface area (Å²) in [7, 11) is 3.40. The van der Waals surface area contributed by atoms with Gasteiger partial charge in [0.1, 0.15) is 6.79 Å². The molecule has 1 N–H and O–H groups in total. The van der Waals surface area contributed by atoms with E-state index in [9.17, 15) is 0 Å². The van der Waals surface area contributed by atoms with E-state index in [1.165, 1.54) is 0 Å². The van der Waals surface area contributed by atoms with Crippen LogP contribution in [-0.4, -0.2) is 56.0 Å². The van der Waals surface area contributed by atoms with Crippen LogP contribution >= 0.6 is 0 Å². The van der Waals surface area contributed by atoms with E-state index >= 15 is 0 Å². The fourth-order valence-electron chi connectivity index (χ4n) is 0.360. The second-order valence-corrected chi connectivity index (χ2v) is 1.90. The van der Waals surface area contributed by atoms with E-state index < -0.39 is 0 Å². The minimum absolute atomic E-state index is 0.579. The van der Waals surface area contributed by atoms with Gasteiger partial charge in [0, 0.05) is 27.4 Å². The first kappa shape index (κ1) is 12.7. The Labute approximate surface area is 66.9 Å². The van der Waals surface area contributed by atoms with E-state index in [-0.39, 0.29) is 0 Å². The topological polar surface area (TPSA) is 56.1 Å². The molecule has 0 aliphatic heterocycles. The number of hydrogen-bond acceptors (Lipinski definition) is 5. The summed E-state index contributed by atoms with van der Waals surface area (Å²) in [6.07, 6.45) is 0. The Morgan fingerprint density at radius 1 is 1.36 bits per heavy atom. The molecule has 0 bridgehead atoms. The van der Waals surface area contributed by atoms with Gasteiger partial charge in [-0.1, -0.05) is 0 Å². The summed E-state index contributed by atoms with van der Waals surface area (Å²) in [5, 5.41) is 15.0. The highest BCUT2D eigenvalue weighted by molar-refractivity contribution is 5.22. The van der Waals surface area contributed by atoms with Crippen molar-refractivity contribution in [3.05, 3.63) is 0 Å². The van der Waals surface area contributed by atoms with Crippen molar-refractivity contribution in [2.75, 3.05) is 27.2 Å². The molecule has 0 aromatic heterocycles. The molecule has 0 rings (SSSR count). The quantitative estimate of drug-likeness (QED) is 0.453. The number of carbonyl (C=O) groups is 1. The number of nitrogens with zero attached hydrogens (tertiary/aromatic N) is 3. The first-order valence-corrected chi connectivity index (χ1v) is 3.03. The molecule has 0 fully saturated rings. The first-order valence-electron chi connectivity index (χ1n) is 3.03. The van der Waals surface area contributed by atoms with Gasteiger partial charge in [0.25, 0.3) is 0 Å². The third-order valence-electron chi connectivity index (χ3n) is 0.989. The molecule has 0 amide bonds. The Hall–Kier alpha value is -0.940. The van der Waals surface area contributed by atoms with Crippen molar-refractivity contribution in [1.82, 2.24) is 10.1 Å². The Morgan fingerprint density at radius 3 is 2.09 bits per heavy atom. The smallest absolute Gasteiger partial charge is 0.106 e. The summed E-state index contributed by atoms with van der Waals surface area (Å²) in [6, 6.07) is 0. The molecule has 0 atom stereocenters. The molecule has 0 aliphatic carbocycles. The lowest BCUT2D eigenvalue weighted by Crippen LogP contribution is -2.25. The number of likely N-dealkylation sites (N-methyl/N-ethyl adjacent to an activating group) is 2. The lowest BCUT2D eigenvalue weighted by atomic mass is 10.6. The average Bonchev–Trinajstić information content (AvgIpc) is 2.04. The van der Waals surface area contributed by atoms with Crippen molar-refractivity contribution in [1.29, 1.82) is 0 Å². The lowest BCUT2D eigenvalue weighted by Gasteiger charge is -2.13. The zero-order valence-electron chi connectivity index (χ0n) is 7.03. The van der Waals surface area contributed by atoms with Crippen molar-refractivity contribution >= 4 is 13.5 Å². The molecule has 0 spiro atoms. The van der Waals surface area contributed by atoms with Crippen LogP contribution in [0.1, 0.15) is 0 Å². The third-order valence-corrected chi connectivity index (χ3v) is 0.989. The van der Waals surface area contributed by atoms with Crippen LogP contribution in [0.5, 0.6) is 0 Å². The molecule has 5 heteroatoms. The van der Waals surface area contributed by atoms with Gasteiger partial charge in [-0.2, -0.15) is 10.2 Å². The second-order valence-electron chi connectivity index (χ2n) is 1.90. The van der Waals surface area contributed by atoms with Crippen molar-refractivity contribution in [2.45, 2.75) is 0 Å². The highest BCUT2D eigenvalue weighted by Crippen LogP contribution is 1.81. The van der Waals surface area contributed by atoms with Crippen LogP contribution in [0.15, 0.2) is 5.10 Å². The molecule has 0 heterocycles. The Balaban J connectivity index is 0. The molecule has 11 heavy (non-hydrogen) atoms. The van der Waals surface area contributed by atoms with Gasteiger partial charge in [-0.25, -0.2) is 0 Å². The van der Waals surface area contributed by atoms with Crippen LogP contribution in [-0.2, 0) is 4.79 Å². The van der Waals surface area contributed by atoms with E-state index in [0.717, 1.165) is 5.06 Å². The SMILES string of the molecule is C=NN(C)CCN(C)O.C=O. The maximum Gasteiger partial charge on any atom is 0.106 e. The average molecular weight is 161 g/mol. The largest absolute Gasteiger partial charge is 0.314 e. The van der Waals surface area contributed by atoms with Gasteiger partial charge >= 0.3 is 0 Å². The van der Waals surface area contributed by atoms with Gasteiger partial charge in [0.15, 0.2) is 0 Å². The monoisotopic (exact) mass is 161 g/mol. The van der Waals surface area contributed by atoms with Crippen molar-refractivity contribution in [3.8, 4) is 0 Å². The van der Waals surface area contributed by atoms with E-state index in [1.54, 1.807) is 19.1 Å². The van der Waals surface area contributed by atoms with Gasteiger partial charge in [-0.15, -0.1) is 0 Å². The first-order chi connectivity index (χ1) is 5.16. The van der Waals surface area contributed by atoms with Crippen LogP contribution in [0, 0.1) is 0 Å². The van der Waals surface area contributed by atoms with Crippen molar-refractivity contribution in [2.24, 2.45) is 5.10 Å². The number of hydroxylamine groups is 2. The lowest BCUT2D eigenvalue weighted by molar-refractivity contribution is -0.0980. The maximum absolute atomic E-state index is 8.64. The molecule has 66 valence electrons. The number of rotatable bonds is 4. The zero-order chi connectivity index (χ0) is 9.28. The molecule has 0 saturated carbocycles. The van der Waals surface area contributed by atoms with Gasteiger partial charge < -0.3 is 10.0 Å². The van der Waals surface area contributed by atoms with E-state index in [0.29, 0.717) is 13.1 Å². The maximum atomic E-state index is 8.64. The van der Waals surface area contributed by atoms with Crippen molar-refractivity contribution in [3.63, 3.8) is 0 Å². The number of carbonyl (C=O) groups excluding carboxylic acids is 1. The van der Waals surface area contributed by atoms with Crippen LogP contribution in [0.4, 0.5) is 0 Å². The summed E-state index contributed by atoms with van der Waals surface area (Å²) in [5.41, 5.74) is 0. The van der Waals surface area contributed by atoms with Crippen LogP contribution in [0.3, 0.4) is 0 Å². The van der Waals surface area contributed by atoms with Gasteiger partial charge in [-0.3, -0.25) is 5.01 Å². The summed E-state index contributed by atoms with van der Waals surface area (Å²) < 4.78 is 0. The molecule has 0 saturated heterocycles. The Kier molecular flexibility index (Phi) is 10.5. The van der Waals surface area contributed by atoms with Gasteiger partial charge in [-0.05, 0) is 0 Å². The van der Waals surface area contributed by atoms with Crippen LogP contribution in [0.2, 0.25) is 0 Å². The molecule has 0 radical (unpaired) electrons. The fraction of sp³-hybridized carbons (Fsp3) is 0.667. The van der Waals surface area contributed by atoms with E-state index in [1.807, 2.05) is 6.79 Å². The summed E-state index contributed by atoms with van der Waals surface area (Å²) >= 11 is 0. The van der Waals surface area contributed by atoms with E-state index in [2.05, 4.69) is 11.8 Å². The van der Waals surface area contributed by atoms with Crippen LogP contribution < -0.4 is 0 Å². The predicted octanol–water partition coefficient (Wildman–Crippen LogP) is -0.330. The predicted molar refractivity (Wildman–Crippen MR) is 43.7 cm³/mol. The molecule has 0 aromatic rings. The molecular weight excluding hydrogens is 146 g/mol.